The van der Waals surface area contributed by atoms with Crippen LogP contribution in [0.15, 0.2) is 29.1 Å². The fourth-order valence-corrected chi connectivity index (χ4v) is 7.15. The number of nitrogens with zero attached hydrogens (tertiary/aromatic N) is 2. The van der Waals surface area contributed by atoms with Gasteiger partial charge in [-0.2, -0.15) is 0 Å². The number of anilines is 1. The highest BCUT2D eigenvalue weighted by Gasteiger charge is 2.44. The maximum absolute atomic E-state index is 14.1. The number of benzene rings is 1. The first kappa shape index (κ1) is 23.8. The minimum Gasteiger partial charge on any atom is -0.462 e. The Hall–Kier alpha value is -2.97. The lowest BCUT2D eigenvalue weighted by molar-refractivity contribution is -0.150. The van der Waals surface area contributed by atoms with Crippen LogP contribution in [0.1, 0.15) is 68.5 Å². The minimum absolute atomic E-state index is 0.165. The van der Waals surface area contributed by atoms with E-state index in [0.29, 0.717) is 35.5 Å². The normalized spacial score (nSPS) is 21.5. The number of pyridine rings is 2. The van der Waals surface area contributed by atoms with Crippen LogP contribution in [-0.4, -0.2) is 29.4 Å². The van der Waals surface area contributed by atoms with Crippen molar-refractivity contribution in [3.05, 3.63) is 56.9 Å². The van der Waals surface area contributed by atoms with Gasteiger partial charge in [0.05, 0.1) is 44.2 Å². The van der Waals surface area contributed by atoms with Gasteiger partial charge in [0.1, 0.15) is 11.3 Å². The molecular weight excluding hydrogens is 458 g/mol. The Morgan fingerprint density at radius 2 is 1.97 bits per heavy atom. The number of esters is 1. The second-order valence-corrected chi connectivity index (χ2v) is 14.4. The minimum atomic E-state index is -1.63. The Morgan fingerprint density at radius 1 is 1.26 bits per heavy atom. The van der Waals surface area contributed by atoms with Crippen molar-refractivity contribution in [1.82, 2.24) is 9.55 Å². The van der Waals surface area contributed by atoms with E-state index in [1.807, 2.05) is 31.2 Å². The summed E-state index contributed by atoms with van der Waals surface area (Å²) in [6, 6.07) is 7.60. The second-order valence-electron chi connectivity index (χ2n) is 11.3. The molecule has 2 atom stereocenters. The zero-order valence-corrected chi connectivity index (χ0v) is 22.4. The van der Waals surface area contributed by atoms with E-state index in [4.69, 9.17) is 15.5 Å². The van der Waals surface area contributed by atoms with E-state index < -0.39 is 26.1 Å². The molecule has 4 heterocycles. The zero-order chi connectivity index (χ0) is 25.4. The van der Waals surface area contributed by atoms with Gasteiger partial charge >= 0.3 is 5.97 Å². The molecule has 0 saturated heterocycles. The fourth-order valence-electron chi connectivity index (χ4n) is 5.74. The lowest BCUT2D eigenvalue weighted by atomic mass is 9.81. The topological polar surface area (TPSA) is 107 Å². The van der Waals surface area contributed by atoms with Crippen LogP contribution in [0.5, 0.6) is 0 Å². The summed E-state index contributed by atoms with van der Waals surface area (Å²) in [6.45, 7) is 12.8. The van der Waals surface area contributed by atoms with E-state index in [1.165, 1.54) is 0 Å². The standard InChI is InChI=1S/C27H33N3O4Si/c1-7-27(33)12-20(31)34-25(35(5)6)21-17(27)11-19-23-16(13-30(19)24(21)32)22(26(2,3)4)15-10-14(28)8-9-18(15)29-23/h8-11,25,33,35H,7,12-13,28H2,1-6H3. The Labute approximate surface area is 206 Å². The predicted molar refractivity (Wildman–Crippen MR) is 140 cm³/mol. The fraction of sp³-hybridized carbons (Fsp3) is 0.444. The molecule has 5 rings (SSSR count). The van der Waals surface area contributed by atoms with Crippen LogP contribution in [0.3, 0.4) is 0 Å². The molecule has 0 aliphatic carbocycles. The smallest absolute Gasteiger partial charge is 0.309 e. The van der Waals surface area contributed by atoms with Gasteiger partial charge < -0.3 is 20.1 Å². The Balaban J connectivity index is 1.87. The molecule has 0 saturated carbocycles. The Bertz CT molecular complexity index is 1450. The molecule has 3 N–H and O–H groups in total. The molecule has 3 aromatic rings. The highest BCUT2D eigenvalue weighted by Crippen LogP contribution is 2.45. The molecule has 184 valence electrons. The summed E-state index contributed by atoms with van der Waals surface area (Å²) in [5.74, 6) is -0.460. The van der Waals surface area contributed by atoms with Crippen molar-refractivity contribution >= 4 is 31.4 Å². The third-order valence-corrected chi connectivity index (χ3v) is 9.11. The molecule has 0 fully saturated rings. The van der Waals surface area contributed by atoms with Gasteiger partial charge in [0.2, 0.25) is 0 Å². The first-order chi connectivity index (χ1) is 16.4. The van der Waals surface area contributed by atoms with Gasteiger partial charge in [0, 0.05) is 16.6 Å². The van der Waals surface area contributed by atoms with E-state index in [2.05, 4.69) is 33.9 Å². The molecule has 35 heavy (non-hydrogen) atoms. The lowest BCUT2D eigenvalue weighted by Gasteiger charge is -2.27. The molecule has 1 aromatic carbocycles. The van der Waals surface area contributed by atoms with Crippen molar-refractivity contribution in [3.63, 3.8) is 0 Å². The summed E-state index contributed by atoms with van der Waals surface area (Å²) < 4.78 is 7.53. The molecular formula is C27H33N3O4Si. The van der Waals surface area contributed by atoms with Gasteiger partial charge in [-0.05, 0) is 47.2 Å². The van der Waals surface area contributed by atoms with Crippen molar-refractivity contribution in [1.29, 1.82) is 0 Å². The summed E-state index contributed by atoms with van der Waals surface area (Å²) in [5, 5.41) is 12.6. The summed E-state index contributed by atoms with van der Waals surface area (Å²) in [4.78, 5) is 31.7. The highest BCUT2D eigenvalue weighted by molar-refractivity contribution is 6.57. The Morgan fingerprint density at radius 3 is 2.60 bits per heavy atom. The van der Waals surface area contributed by atoms with Crippen molar-refractivity contribution in [2.45, 2.75) is 76.9 Å². The lowest BCUT2D eigenvalue weighted by Crippen LogP contribution is -2.35. The number of nitrogens with two attached hydrogens (primary N) is 1. The highest BCUT2D eigenvalue weighted by atomic mass is 28.3. The molecule has 2 aliphatic heterocycles. The number of fused-ring (bicyclic) bond motifs is 5. The SMILES string of the molecule is CCC1(O)CC(=O)OC([SiH](C)C)c2c1cc1n(c2=O)Cc2c-1nc1ccc(N)cc1c2C(C)(C)C. The number of cyclic esters (lactones) is 1. The first-order valence-electron chi connectivity index (χ1n) is 12.3. The second kappa shape index (κ2) is 7.76. The van der Waals surface area contributed by atoms with E-state index in [9.17, 15) is 14.7 Å². The van der Waals surface area contributed by atoms with Gasteiger partial charge in [-0.25, -0.2) is 4.98 Å². The molecule has 7 nitrogen and oxygen atoms in total. The summed E-state index contributed by atoms with van der Waals surface area (Å²) >= 11 is 0. The number of hydrogen-bond acceptors (Lipinski definition) is 6. The van der Waals surface area contributed by atoms with Gasteiger partial charge in [0.25, 0.3) is 5.56 Å². The number of carbonyl (C=O) groups is 1. The number of rotatable bonds is 2. The predicted octanol–water partition coefficient (Wildman–Crippen LogP) is 3.92. The number of aromatic nitrogens is 2. The molecule has 0 radical (unpaired) electrons. The third kappa shape index (κ3) is 3.53. The molecule has 0 spiro atoms. The molecule has 2 aromatic heterocycles. The third-order valence-electron chi connectivity index (χ3n) is 7.43. The van der Waals surface area contributed by atoms with Crippen molar-refractivity contribution in [3.8, 4) is 11.4 Å². The average molecular weight is 492 g/mol. The number of ether oxygens (including phenoxy) is 1. The number of hydrogen-bond donors (Lipinski definition) is 2. The molecule has 0 bridgehead atoms. The van der Waals surface area contributed by atoms with Crippen LogP contribution in [0.2, 0.25) is 13.1 Å². The number of nitrogen functional groups attached to an aromatic ring is 1. The molecule has 2 aliphatic rings. The van der Waals surface area contributed by atoms with Crippen LogP contribution in [0.25, 0.3) is 22.3 Å². The van der Waals surface area contributed by atoms with Crippen LogP contribution in [0, 0.1) is 0 Å². The number of aliphatic hydroxyl groups is 1. The van der Waals surface area contributed by atoms with E-state index in [-0.39, 0.29) is 17.4 Å². The van der Waals surface area contributed by atoms with Crippen molar-refractivity contribution in [2.75, 3.05) is 5.73 Å². The molecule has 2 unspecified atom stereocenters. The van der Waals surface area contributed by atoms with E-state index in [1.54, 1.807) is 4.57 Å². The van der Waals surface area contributed by atoms with Crippen molar-refractivity contribution < 1.29 is 14.6 Å². The van der Waals surface area contributed by atoms with Gasteiger partial charge in [-0.3, -0.25) is 9.59 Å². The van der Waals surface area contributed by atoms with Gasteiger partial charge in [-0.1, -0.05) is 40.8 Å². The van der Waals surface area contributed by atoms with E-state index in [0.717, 1.165) is 27.7 Å². The summed E-state index contributed by atoms with van der Waals surface area (Å²) in [6.07, 6.45) is 0.135. The van der Waals surface area contributed by atoms with E-state index >= 15 is 0 Å². The summed E-state index contributed by atoms with van der Waals surface area (Å²) in [5.41, 5.74) is 9.67. The number of carbonyl (C=O) groups excluding carboxylic acids is 1. The van der Waals surface area contributed by atoms with Crippen molar-refractivity contribution in [2.24, 2.45) is 0 Å². The average Bonchev–Trinajstić information content (AvgIpc) is 3.07. The van der Waals surface area contributed by atoms with Gasteiger partial charge in [0.15, 0.2) is 0 Å². The van der Waals surface area contributed by atoms with Crippen LogP contribution in [0.4, 0.5) is 5.69 Å². The monoisotopic (exact) mass is 491 g/mol. The zero-order valence-electron chi connectivity index (χ0n) is 21.2. The maximum Gasteiger partial charge on any atom is 0.309 e. The molecule has 8 heteroatoms. The molecule has 0 amide bonds. The van der Waals surface area contributed by atoms with Gasteiger partial charge in [-0.15, -0.1) is 0 Å². The van der Waals surface area contributed by atoms with Crippen LogP contribution < -0.4 is 11.3 Å². The largest absolute Gasteiger partial charge is 0.462 e. The van der Waals surface area contributed by atoms with Crippen LogP contribution in [-0.2, 0) is 27.1 Å². The maximum atomic E-state index is 14.1. The Kier molecular flexibility index (Phi) is 5.27. The quantitative estimate of drug-likeness (QED) is 0.250. The van der Waals surface area contributed by atoms with Crippen LogP contribution >= 0.6 is 0 Å². The first-order valence-corrected chi connectivity index (χ1v) is 15.3. The summed E-state index contributed by atoms with van der Waals surface area (Å²) in [7, 11) is -1.63.